The van der Waals surface area contributed by atoms with E-state index in [4.69, 9.17) is 4.99 Å². The number of thiazole rings is 1. The van der Waals surface area contributed by atoms with E-state index in [1.54, 1.807) is 11.3 Å². The van der Waals surface area contributed by atoms with E-state index in [2.05, 4.69) is 60.2 Å². The smallest absolute Gasteiger partial charge is 0.194 e. The molecule has 5 nitrogen and oxygen atoms in total. The van der Waals surface area contributed by atoms with Crippen molar-refractivity contribution in [2.75, 3.05) is 33.2 Å². The Morgan fingerprint density at radius 2 is 2.12 bits per heavy atom. The van der Waals surface area contributed by atoms with Gasteiger partial charge in [0.05, 0.1) is 23.8 Å². The number of nitrogens with one attached hydrogen (secondary N) is 1. The van der Waals surface area contributed by atoms with Crippen LogP contribution in [0, 0.1) is 12.8 Å². The van der Waals surface area contributed by atoms with Crippen molar-refractivity contribution in [3.63, 3.8) is 0 Å². The second-order valence-electron chi connectivity index (χ2n) is 7.43. The maximum Gasteiger partial charge on any atom is 0.194 e. The Morgan fingerprint density at radius 3 is 2.68 bits per heavy atom. The molecular formula is C19H35N5S. The van der Waals surface area contributed by atoms with E-state index in [1.807, 2.05) is 0 Å². The molecule has 0 spiro atoms. The second-order valence-corrected chi connectivity index (χ2v) is 8.50. The van der Waals surface area contributed by atoms with Gasteiger partial charge in [-0.2, -0.15) is 0 Å². The second kappa shape index (κ2) is 10.1. The van der Waals surface area contributed by atoms with Gasteiger partial charge in [0, 0.05) is 25.0 Å². The quantitative estimate of drug-likeness (QED) is 0.567. The maximum atomic E-state index is 4.98. The molecule has 0 bridgehead atoms. The van der Waals surface area contributed by atoms with Gasteiger partial charge in [0.2, 0.25) is 0 Å². The molecule has 1 aromatic rings. The molecule has 0 aliphatic carbocycles. The first-order valence-electron chi connectivity index (χ1n) is 9.64. The summed E-state index contributed by atoms with van der Waals surface area (Å²) in [4.78, 5) is 14.4. The van der Waals surface area contributed by atoms with E-state index in [0.717, 1.165) is 36.3 Å². The van der Waals surface area contributed by atoms with Crippen LogP contribution in [0.5, 0.6) is 0 Å². The number of rotatable bonds is 8. The van der Waals surface area contributed by atoms with Crippen LogP contribution in [0.15, 0.2) is 10.4 Å². The molecule has 1 N–H and O–H groups in total. The summed E-state index contributed by atoms with van der Waals surface area (Å²) < 4.78 is 0. The van der Waals surface area contributed by atoms with Gasteiger partial charge in [0.15, 0.2) is 5.96 Å². The van der Waals surface area contributed by atoms with Gasteiger partial charge in [-0.1, -0.05) is 13.8 Å². The first-order chi connectivity index (χ1) is 12.0. The Hall–Kier alpha value is -1.14. The summed E-state index contributed by atoms with van der Waals surface area (Å²) in [7, 11) is 2.10. The van der Waals surface area contributed by atoms with Crippen LogP contribution in [0.2, 0.25) is 0 Å². The molecular weight excluding hydrogens is 330 g/mol. The highest BCUT2D eigenvalue weighted by Gasteiger charge is 2.23. The molecule has 1 saturated heterocycles. The van der Waals surface area contributed by atoms with Crippen molar-refractivity contribution in [1.82, 2.24) is 20.1 Å². The standard InChI is InChI=1S/C19H35N5S/c1-6-20-19(23(5)13-17-14-25-16(4)22-17)21-12-18(11-15(2)3)24-9-7-8-10-24/h14-15,18H,6-13H2,1-5H3,(H,20,21). The molecule has 1 aliphatic heterocycles. The normalized spacial score (nSPS) is 17.3. The van der Waals surface area contributed by atoms with Crippen LogP contribution in [0.1, 0.15) is 50.7 Å². The summed E-state index contributed by atoms with van der Waals surface area (Å²) in [5.41, 5.74) is 1.12. The van der Waals surface area contributed by atoms with Crippen molar-refractivity contribution in [2.24, 2.45) is 10.9 Å². The van der Waals surface area contributed by atoms with Gasteiger partial charge in [-0.3, -0.25) is 9.89 Å². The van der Waals surface area contributed by atoms with Gasteiger partial charge in [-0.15, -0.1) is 11.3 Å². The zero-order chi connectivity index (χ0) is 18.2. The molecule has 25 heavy (non-hydrogen) atoms. The van der Waals surface area contributed by atoms with E-state index in [-0.39, 0.29) is 0 Å². The Morgan fingerprint density at radius 1 is 1.40 bits per heavy atom. The number of aryl methyl sites for hydroxylation is 1. The fourth-order valence-electron chi connectivity index (χ4n) is 3.45. The highest BCUT2D eigenvalue weighted by atomic mass is 32.1. The Labute approximate surface area is 157 Å². The summed E-state index contributed by atoms with van der Waals surface area (Å²) in [6, 6.07) is 0.561. The van der Waals surface area contributed by atoms with E-state index >= 15 is 0 Å². The molecule has 1 unspecified atom stereocenters. The lowest BCUT2D eigenvalue weighted by Gasteiger charge is -2.29. The number of aliphatic imine (C=N–C) groups is 1. The molecule has 0 amide bonds. The maximum absolute atomic E-state index is 4.98. The molecule has 2 rings (SSSR count). The van der Waals surface area contributed by atoms with Crippen molar-refractivity contribution in [2.45, 2.75) is 59.5 Å². The largest absolute Gasteiger partial charge is 0.357 e. The van der Waals surface area contributed by atoms with Crippen LogP contribution >= 0.6 is 11.3 Å². The topological polar surface area (TPSA) is 43.8 Å². The molecule has 1 atom stereocenters. The number of nitrogens with zero attached hydrogens (tertiary/aromatic N) is 4. The highest BCUT2D eigenvalue weighted by molar-refractivity contribution is 7.09. The fourth-order valence-corrected chi connectivity index (χ4v) is 4.05. The first kappa shape index (κ1) is 20.2. The molecule has 6 heteroatoms. The summed E-state index contributed by atoms with van der Waals surface area (Å²) >= 11 is 1.71. The number of likely N-dealkylation sites (tertiary alicyclic amines) is 1. The molecule has 0 aromatic carbocycles. The molecule has 2 heterocycles. The van der Waals surface area contributed by atoms with Crippen LogP contribution < -0.4 is 5.32 Å². The number of guanidine groups is 1. The predicted molar refractivity (Wildman–Crippen MR) is 108 cm³/mol. The van der Waals surface area contributed by atoms with Crippen molar-refractivity contribution >= 4 is 17.3 Å². The van der Waals surface area contributed by atoms with Gasteiger partial charge < -0.3 is 10.2 Å². The van der Waals surface area contributed by atoms with Crippen molar-refractivity contribution in [1.29, 1.82) is 0 Å². The average molecular weight is 366 g/mol. The average Bonchev–Trinajstić information content (AvgIpc) is 3.21. The number of hydrogen-bond acceptors (Lipinski definition) is 4. The van der Waals surface area contributed by atoms with Gasteiger partial charge in [0.1, 0.15) is 0 Å². The number of aromatic nitrogens is 1. The van der Waals surface area contributed by atoms with Gasteiger partial charge >= 0.3 is 0 Å². The predicted octanol–water partition coefficient (Wildman–Crippen LogP) is 3.36. The van der Waals surface area contributed by atoms with Crippen LogP contribution in [-0.2, 0) is 6.54 Å². The molecule has 1 aliphatic rings. The van der Waals surface area contributed by atoms with E-state index < -0.39 is 0 Å². The van der Waals surface area contributed by atoms with Crippen molar-refractivity contribution < 1.29 is 0 Å². The Kier molecular flexibility index (Phi) is 8.16. The van der Waals surface area contributed by atoms with Crippen LogP contribution in [0.25, 0.3) is 0 Å². The fraction of sp³-hybridized carbons (Fsp3) is 0.789. The minimum Gasteiger partial charge on any atom is -0.357 e. The third-order valence-electron chi connectivity index (χ3n) is 4.61. The number of hydrogen-bond donors (Lipinski definition) is 1. The molecule has 1 aromatic heterocycles. The lowest BCUT2D eigenvalue weighted by Crippen LogP contribution is -2.41. The van der Waals surface area contributed by atoms with Crippen molar-refractivity contribution in [3.8, 4) is 0 Å². The zero-order valence-electron chi connectivity index (χ0n) is 16.6. The first-order valence-corrected chi connectivity index (χ1v) is 10.5. The van der Waals surface area contributed by atoms with Gasteiger partial charge in [0.25, 0.3) is 0 Å². The summed E-state index contributed by atoms with van der Waals surface area (Å²) in [5, 5.41) is 6.70. The minimum absolute atomic E-state index is 0.561. The molecule has 0 saturated carbocycles. The van der Waals surface area contributed by atoms with Gasteiger partial charge in [-0.25, -0.2) is 4.98 Å². The highest BCUT2D eigenvalue weighted by Crippen LogP contribution is 2.18. The van der Waals surface area contributed by atoms with Crippen LogP contribution in [0.4, 0.5) is 0 Å². The Balaban J connectivity index is 2.02. The molecule has 1 fully saturated rings. The summed E-state index contributed by atoms with van der Waals surface area (Å²) in [5.74, 6) is 1.69. The summed E-state index contributed by atoms with van der Waals surface area (Å²) in [6.45, 7) is 13.8. The van der Waals surface area contributed by atoms with Crippen LogP contribution in [0.3, 0.4) is 0 Å². The van der Waals surface area contributed by atoms with E-state index in [0.29, 0.717) is 12.0 Å². The van der Waals surface area contributed by atoms with Gasteiger partial charge in [-0.05, 0) is 52.1 Å². The van der Waals surface area contributed by atoms with Crippen LogP contribution in [-0.4, -0.2) is 60.0 Å². The van der Waals surface area contributed by atoms with Crippen molar-refractivity contribution in [3.05, 3.63) is 16.1 Å². The SMILES string of the molecule is CCNC(=NCC(CC(C)C)N1CCCC1)N(C)Cc1csc(C)n1. The summed E-state index contributed by atoms with van der Waals surface area (Å²) in [6.07, 6.45) is 3.89. The lowest BCUT2D eigenvalue weighted by molar-refractivity contribution is 0.218. The third kappa shape index (κ3) is 6.59. The lowest BCUT2D eigenvalue weighted by atomic mass is 10.0. The van der Waals surface area contributed by atoms with E-state index in [9.17, 15) is 0 Å². The third-order valence-corrected chi connectivity index (χ3v) is 5.44. The monoisotopic (exact) mass is 365 g/mol. The molecule has 0 radical (unpaired) electrons. The zero-order valence-corrected chi connectivity index (χ0v) is 17.4. The minimum atomic E-state index is 0.561. The molecule has 142 valence electrons. The Bertz CT molecular complexity index is 534. The van der Waals surface area contributed by atoms with E-state index in [1.165, 1.54) is 32.4 Å².